The molecule has 2 fully saturated rings. The van der Waals surface area contributed by atoms with Crippen LogP contribution in [-0.2, 0) is 24.2 Å². The van der Waals surface area contributed by atoms with Gasteiger partial charge in [-0.25, -0.2) is 4.68 Å². The predicted molar refractivity (Wildman–Crippen MR) is 132 cm³/mol. The molecule has 2 atom stereocenters. The molecule has 3 heterocycles. The zero-order valence-electron chi connectivity index (χ0n) is 20.4. The summed E-state index contributed by atoms with van der Waals surface area (Å²) in [6, 6.07) is 8.85. The first-order chi connectivity index (χ1) is 16.7. The lowest BCUT2D eigenvalue weighted by Gasteiger charge is -2.35. The number of aryl methyl sites for hydroxylation is 1. The zero-order chi connectivity index (χ0) is 23.5. The van der Waals surface area contributed by atoms with Crippen molar-refractivity contribution >= 4 is 10.9 Å². The first kappa shape index (κ1) is 23.2. The molecule has 1 saturated carbocycles. The lowest BCUT2D eigenvalue weighted by molar-refractivity contribution is 0.0839. The Balaban J connectivity index is 1.48. The van der Waals surface area contributed by atoms with Crippen LogP contribution in [0.1, 0.15) is 81.8 Å². The molecule has 8 heteroatoms. The molecule has 3 aromatic rings. The van der Waals surface area contributed by atoms with Crippen molar-refractivity contribution in [3.63, 3.8) is 0 Å². The molecule has 182 valence electrons. The highest BCUT2D eigenvalue weighted by molar-refractivity contribution is 5.79. The average Bonchev–Trinajstić information content (AvgIpc) is 3.63. The van der Waals surface area contributed by atoms with Crippen molar-refractivity contribution in [3.05, 3.63) is 51.6 Å². The van der Waals surface area contributed by atoms with Crippen LogP contribution < -0.4 is 5.56 Å². The van der Waals surface area contributed by atoms with Crippen LogP contribution in [0.3, 0.4) is 0 Å². The van der Waals surface area contributed by atoms with Crippen LogP contribution in [0, 0.1) is 0 Å². The predicted octanol–water partition coefficient (Wildman–Crippen LogP) is 4.15. The van der Waals surface area contributed by atoms with Gasteiger partial charge in [0.05, 0.1) is 18.7 Å². The van der Waals surface area contributed by atoms with Gasteiger partial charge in [-0.2, -0.15) is 0 Å². The van der Waals surface area contributed by atoms with Crippen molar-refractivity contribution in [2.45, 2.75) is 96.5 Å². The van der Waals surface area contributed by atoms with Crippen LogP contribution in [-0.4, -0.2) is 48.8 Å². The largest absolute Gasteiger partial charge is 0.376 e. The first-order valence-electron chi connectivity index (χ1n) is 12.9. The summed E-state index contributed by atoms with van der Waals surface area (Å²) >= 11 is 0. The lowest BCUT2D eigenvalue weighted by Crippen LogP contribution is -2.39. The van der Waals surface area contributed by atoms with Gasteiger partial charge in [0, 0.05) is 30.3 Å². The summed E-state index contributed by atoms with van der Waals surface area (Å²) in [5, 5.41) is 13.9. The Bertz CT molecular complexity index is 1160. The third-order valence-electron chi connectivity index (χ3n) is 7.59. The number of fused-ring (bicyclic) bond motifs is 1. The number of aromatic amines is 1. The van der Waals surface area contributed by atoms with Crippen LogP contribution >= 0.6 is 0 Å². The summed E-state index contributed by atoms with van der Waals surface area (Å²) < 4.78 is 7.79. The Morgan fingerprint density at radius 3 is 2.76 bits per heavy atom. The number of H-pyrrole nitrogens is 1. The first-order valence-corrected chi connectivity index (χ1v) is 12.9. The summed E-state index contributed by atoms with van der Waals surface area (Å²) in [4.78, 5) is 18.7. The molecular formula is C26H36N6O2. The third kappa shape index (κ3) is 4.79. The van der Waals surface area contributed by atoms with E-state index in [0.717, 1.165) is 67.4 Å². The Hall–Kier alpha value is -2.58. The van der Waals surface area contributed by atoms with Crippen LogP contribution in [0.5, 0.6) is 0 Å². The van der Waals surface area contributed by atoms with Crippen molar-refractivity contribution < 1.29 is 4.74 Å². The molecule has 0 unspecified atom stereocenters. The smallest absolute Gasteiger partial charge is 0.252 e. The van der Waals surface area contributed by atoms with E-state index in [-0.39, 0.29) is 17.7 Å². The maximum Gasteiger partial charge on any atom is 0.252 e. The third-order valence-corrected chi connectivity index (χ3v) is 7.59. The van der Waals surface area contributed by atoms with Gasteiger partial charge in [-0.05, 0) is 78.1 Å². The van der Waals surface area contributed by atoms with Crippen molar-refractivity contribution in [1.29, 1.82) is 0 Å². The van der Waals surface area contributed by atoms with Crippen LogP contribution in [0.15, 0.2) is 29.1 Å². The van der Waals surface area contributed by atoms with Gasteiger partial charge < -0.3 is 9.72 Å². The quantitative estimate of drug-likeness (QED) is 0.512. The lowest BCUT2D eigenvalue weighted by atomic mass is 10.0. The molecule has 8 nitrogen and oxygen atoms in total. The molecule has 1 aliphatic heterocycles. The number of benzene rings is 1. The Morgan fingerprint density at radius 1 is 1.18 bits per heavy atom. The van der Waals surface area contributed by atoms with Crippen LogP contribution in [0.25, 0.3) is 10.9 Å². The van der Waals surface area contributed by atoms with Gasteiger partial charge in [0.2, 0.25) is 0 Å². The number of tetrazole rings is 1. The fraction of sp³-hybridized carbons (Fsp3) is 0.615. The normalized spacial score (nSPS) is 20.0. The van der Waals surface area contributed by atoms with Gasteiger partial charge in [0.25, 0.3) is 5.56 Å². The number of rotatable bonds is 9. The zero-order valence-corrected chi connectivity index (χ0v) is 20.4. The van der Waals surface area contributed by atoms with Gasteiger partial charge in [-0.1, -0.05) is 32.8 Å². The minimum atomic E-state index is -0.00598. The number of ether oxygens (including phenoxy) is 1. The molecule has 34 heavy (non-hydrogen) atoms. The van der Waals surface area contributed by atoms with E-state index in [1.165, 1.54) is 18.4 Å². The molecule has 1 N–H and O–H groups in total. The number of aromatic nitrogens is 5. The second kappa shape index (κ2) is 10.4. The van der Waals surface area contributed by atoms with E-state index < -0.39 is 0 Å². The monoisotopic (exact) mass is 464 g/mol. The molecule has 0 spiro atoms. The molecule has 5 rings (SSSR count). The van der Waals surface area contributed by atoms with Gasteiger partial charge >= 0.3 is 0 Å². The summed E-state index contributed by atoms with van der Waals surface area (Å²) in [5.41, 5.74) is 2.97. The van der Waals surface area contributed by atoms with Crippen LogP contribution in [0.4, 0.5) is 0 Å². The highest BCUT2D eigenvalue weighted by Crippen LogP contribution is 2.34. The molecule has 1 aliphatic carbocycles. The molecule has 0 bridgehead atoms. The van der Waals surface area contributed by atoms with Crippen molar-refractivity contribution in [2.24, 2.45) is 0 Å². The topological polar surface area (TPSA) is 88.9 Å². The highest BCUT2D eigenvalue weighted by Gasteiger charge is 2.33. The summed E-state index contributed by atoms with van der Waals surface area (Å²) in [6.45, 7) is 6.45. The minimum absolute atomic E-state index is 0.00598. The summed E-state index contributed by atoms with van der Waals surface area (Å²) in [5.74, 6) is 0.885. The number of nitrogens with one attached hydrogen (secondary N) is 1. The molecule has 1 saturated heterocycles. The van der Waals surface area contributed by atoms with E-state index in [2.05, 4.69) is 57.5 Å². The SMILES string of the molecule is CCc1ccc2[nH]c(=O)c(CN(C3CCCC3)[C@H](CC)c3nnnn3C[C@@H]3CCCO3)cc2c1. The number of hydrogen-bond donors (Lipinski definition) is 1. The summed E-state index contributed by atoms with van der Waals surface area (Å²) in [6.07, 6.45) is 8.93. The summed E-state index contributed by atoms with van der Waals surface area (Å²) in [7, 11) is 0. The van der Waals surface area contributed by atoms with E-state index in [1.807, 2.05) is 10.7 Å². The van der Waals surface area contributed by atoms with E-state index in [0.29, 0.717) is 19.1 Å². The van der Waals surface area contributed by atoms with Crippen molar-refractivity contribution in [3.8, 4) is 0 Å². The van der Waals surface area contributed by atoms with E-state index >= 15 is 0 Å². The molecule has 0 radical (unpaired) electrons. The van der Waals surface area contributed by atoms with Crippen molar-refractivity contribution in [2.75, 3.05) is 6.61 Å². The van der Waals surface area contributed by atoms with E-state index in [1.54, 1.807) is 0 Å². The Kier molecular flexibility index (Phi) is 7.06. The number of pyridine rings is 1. The highest BCUT2D eigenvalue weighted by atomic mass is 16.5. The van der Waals surface area contributed by atoms with Crippen molar-refractivity contribution in [1.82, 2.24) is 30.1 Å². The number of nitrogens with zero attached hydrogens (tertiary/aromatic N) is 5. The fourth-order valence-electron chi connectivity index (χ4n) is 5.69. The standard InChI is InChI=1S/C26H36N6O2/c1-3-18-11-12-23-19(14-18)15-20(26(33)27-23)16-31(21-8-5-6-9-21)24(4-2)25-28-29-30-32(25)17-22-10-7-13-34-22/h11-12,14-15,21-22,24H,3-10,13,16-17H2,1-2H3,(H,27,33)/t22-,24+/m0/s1. The molecule has 2 aliphatic rings. The molecular weight excluding hydrogens is 428 g/mol. The Morgan fingerprint density at radius 2 is 2.03 bits per heavy atom. The second-order valence-electron chi connectivity index (χ2n) is 9.79. The molecule has 0 amide bonds. The van der Waals surface area contributed by atoms with Gasteiger partial charge in [-0.15, -0.1) is 5.10 Å². The average molecular weight is 465 g/mol. The second-order valence-corrected chi connectivity index (χ2v) is 9.79. The minimum Gasteiger partial charge on any atom is -0.376 e. The van der Waals surface area contributed by atoms with E-state index in [4.69, 9.17) is 4.74 Å². The van der Waals surface area contributed by atoms with Gasteiger partial charge in [-0.3, -0.25) is 9.69 Å². The van der Waals surface area contributed by atoms with E-state index in [9.17, 15) is 4.79 Å². The van der Waals surface area contributed by atoms with Crippen LogP contribution in [0.2, 0.25) is 0 Å². The Labute approximate surface area is 200 Å². The molecule has 2 aromatic heterocycles. The van der Waals surface area contributed by atoms with Gasteiger partial charge in [0.1, 0.15) is 0 Å². The van der Waals surface area contributed by atoms with Gasteiger partial charge in [0.15, 0.2) is 5.82 Å². The number of hydrogen-bond acceptors (Lipinski definition) is 6. The molecule has 1 aromatic carbocycles. The fourth-order valence-corrected chi connectivity index (χ4v) is 5.69. The maximum absolute atomic E-state index is 13.1. The maximum atomic E-state index is 13.1.